The highest BCUT2D eigenvalue weighted by Gasteiger charge is 2.53. The Hall–Kier alpha value is -2.04. The molecule has 0 unspecified atom stereocenters. The molecule has 1 aromatic carbocycles. The lowest BCUT2D eigenvalue weighted by atomic mass is 9.96. The molecule has 0 heterocycles. The van der Waals surface area contributed by atoms with E-state index in [1.165, 1.54) is 12.1 Å². The van der Waals surface area contributed by atoms with Crippen LogP contribution in [0.1, 0.15) is 18.4 Å². The second-order valence-corrected chi connectivity index (χ2v) is 3.84. The van der Waals surface area contributed by atoms with E-state index in [0.717, 1.165) is 5.56 Å². The fourth-order valence-corrected chi connectivity index (χ4v) is 1.71. The Balaban J connectivity index is 2.22. The van der Waals surface area contributed by atoms with Gasteiger partial charge < -0.3 is 15.6 Å². The van der Waals surface area contributed by atoms with Crippen LogP contribution in [0.25, 0.3) is 0 Å². The van der Waals surface area contributed by atoms with Crippen LogP contribution in [-0.2, 0) is 14.9 Å². The molecule has 0 saturated heterocycles. The standard InChI is InChI=1S/C11H11NO4/c12-10(15)16-9(14)11(5-6-11)7-1-3-8(13)4-2-7/h1-4,13H,5-6H2,(H2,12,15). The van der Waals surface area contributed by atoms with Gasteiger partial charge in [0.25, 0.3) is 0 Å². The number of nitrogens with two attached hydrogens (primary N) is 1. The van der Waals surface area contributed by atoms with Crippen LogP contribution in [0.2, 0.25) is 0 Å². The molecule has 5 nitrogen and oxygen atoms in total. The van der Waals surface area contributed by atoms with Crippen LogP contribution in [0, 0.1) is 0 Å². The monoisotopic (exact) mass is 221 g/mol. The smallest absolute Gasteiger partial charge is 0.412 e. The molecule has 0 aliphatic heterocycles. The third-order valence-electron chi connectivity index (χ3n) is 2.75. The lowest BCUT2D eigenvalue weighted by molar-refractivity contribution is -0.140. The summed E-state index contributed by atoms with van der Waals surface area (Å²) in [6.07, 6.45) is 0.170. The van der Waals surface area contributed by atoms with Gasteiger partial charge >= 0.3 is 12.1 Å². The minimum atomic E-state index is -1.09. The van der Waals surface area contributed by atoms with E-state index in [4.69, 9.17) is 10.8 Å². The van der Waals surface area contributed by atoms with Gasteiger partial charge in [0.15, 0.2) is 0 Å². The van der Waals surface area contributed by atoms with E-state index in [2.05, 4.69) is 4.74 Å². The fraction of sp³-hybridized carbons (Fsp3) is 0.273. The lowest BCUT2D eigenvalue weighted by Gasteiger charge is -2.12. The van der Waals surface area contributed by atoms with Gasteiger partial charge in [-0.15, -0.1) is 0 Å². The third kappa shape index (κ3) is 1.71. The van der Waals surface area contributed by atoms with Crippen molar-refractivity contribution in [3.63, 3.8) is 0 Å². The molecule has 0 spiro atoms. The molecule has 0 atom stereocenters. The quantitative estimate of drug-likeness (QED) is 0.576. The van der Waals surface area contributed by atoms with Gasteiger partial charge in [-0.1, -0.05) is 12.1 Å². The molecule has 1 fully saturated rings. The highest BCUT2D eigenvalue weighted by Crippen LogP contribution is 2.49. The topological polar surface area (TPSA) is 89.6 Å². The van der Waals surface area contributed by atoms with E-state index in [1.54, 1.807) is 12.1 Å². The molecule has 0 radical (unpaired) electrons. The number of hydrogen-bond donors (Lipinski definition) is 2. The third-order valence-corrected chi connectivity index (χ3v) is 2.75. The summed E-state index contributed by atoms with van der Waals surface area (Å²) in [7, 11) is 0. The molecule has 1 amide bonds. The minimum Gasteiger partial charge on any atom is -0.508 e. The van der Waals surface area contributed by atoms with Crippen LogP contribution >= 0.6 is 0 Å². The van der Waals surface area contributed by atoms with Crippen LogP contribution < -0.4 is 5.73 Å². The molecule has 3 N–H and O–H groups in total. The number of hydrogen-bond acceptors (Lipinski definition) is 4. The molecule has 0 aromatic heterocycles. The summed E-state index contributed by atoms with van der Waals surface area (Å²) in [6.45, 7) is 0. The molecular weight excluding hydrogens is 210 g/mol. The first-order valence-corrected chi connectivity index (χ1v) is 4.86. The Morgan fingerprint density at radius 1 is 1.25 bits per heavy atom. The molecule has 1 saturated carbocycles. The van der Waals surface area contributed by atoms with Crippen molar-refractivity contribution in [2.45, 2.75) is 18.3 Å². The van der Waals surface area contributed by atoms with E-state index < -0.39 is 17.5 Å². The van der Waals surface area contributed by atoms with Crippen molar-refractivity contribution in [2.24, 2.45) is 5.73 Å². The highest BCUT2D eigenvalue weighted by molar-refractivity contribution is 5.93. The van der Waals surface area contributed by atoms with Gasteiger partial charge in [0.1, 0.15) is 5.75 Å². The number of phenols is 1. The van der Waals surface area contributed by atoms with E-state index in [1.807, 2.05) is 0 Å². The minimum absolute atomic E-state index is 0.128. The highest BCUT2D eigenvalue weighted by atomic mass is 16.6. The summed E-state index contributed by atoms with van der Waals surface area (Å²) in [5, 5.41) is 9.14. The van der Waals surface area contributed by atoms with Crippen molar-refractivity contribution in [1.82, 2.24) is 0 Å². The molecule has 16 heavy (non-hydrogen) atoms. The maximum absolute atomic E-state index is 11.6. The van der Waals surface area contributed by atoms with E-state index >= 15 is 0 Å². The molecule has 5 heteroatoms. The van der Waals surface area contributed by atoms with Gasteiger partial charge in [-0.3, -0.25) is 4.79 Å². The number of carbonyl (C=O) groups excluding carboxylic acids is 2. The number of primary amides is 1. The Morgan fingerprint density at radius 2 is 1.81 bits per heavy atom. The summed E-state index contributed by atoms with van der Waals surface area (Å²) < 4.78 is 4.40. The maximum Gasteiger partial charge on any atom is 0.412 e. The Bertz CT molecular complexity index is 434. The number of benzene rings is 1. The number of aromatic hydroxyl groups is 1. The predicted molar refractivity (Wildman–Crippen MR) is 54.7 cm³/mol. The first-order valence-electron chi connectivity index (χ1n) is 4.86. The van der Waals surface area contributed by atoms with Gasteiger partial charge in [-0.05, 0) is 30.5 Å². The molecule has 0 bridgehead atoms. The van der Waals surface area contributed by atoms with Crippen molar-refractivity contribution in [2.75, 3.05) is 0 Å². The SMILES string of the molecule is NC(=O)OC(=O)C1(c2ccc(O)cc2)CC1. The average molecular weight is 221 g/mol. The van der Waals surface area contributed by atoms with E-state index in [-0.39, 0.29) is 5.75 Å². The van der Waals surface area contributed by atoms with E-state index in [9.17, 15) is 9.59 Å². The Morgan fingerprint density at radius 3 is 2.25 bits per heavy atom. The number of phenolic OH excluding ortho intramolecular Hbond substituents is 1. The zero-order valence-electron chi connectivity index (χ0n) is 8.47. The molecule has 2 rings (SSSR count). The largest absolute Gasteiger partial charge is 0.508 e. The summed E-state index contributed by atoms with van der Waals surface area (Å²) in [5.74, 6) is -0.492. The number of carbonyl (C=O) groups is 2. The summed E-state index contributed by atoms with van der Waals surface area (Å²) >= 11 is 0. The zero-order valence-corrected chi connectivity index (χ0v) is 8.47. The Kier molecular flexibility index (Phi) is 2.30. The van der Waals surface area contributed by atoms with Gasteiger partial charge in [0.2, 0.25) is 0 Å². The van der Waals surface area contributed by atoms with Crippen molar-refractivity contribution >= 4 is 12.1 Å². The van der Waals surface area contributed by atoms with Gasteiger partial charge in [0.05, 0.1) is 5.41 Å². The second-order valence-electron chi connectivity index (χ2n) is 3.84. The average Bonchev–Trinajstić information content (AvgIpc) is 2.98. The normalized spacial score (nSPS) is 16.5. The molecule has 1 aromatic rings. The zero-order chi connectivity index (χ0) is 11.8. The van der Waals surface area contributed by atoms with Crippen molar-refractivity contribution < 1.29 is 19.4 Å². The fourth-order valence-electron chi connectivity index (χ4n) is 1.71. The van der Waals surface area contributed by atoms with Crippen LogP contribution in [0.3, 0.4) is 0 Å². The maximum atomic E-state index is 11.6. The molecule has 1 aliphatic carbocycles. The predicted octanol–water partition coefficient (Wildman–Crippen LogP) is 1.05. The molecular formula is C11H11NO4. The summed E-state index contributed by atoms with van der Waals surface area (Å²) in [6, 6.07) is 6.27. The van der Waals surface area contributed by atoms with Crippen LogP contribution in [0.4, 0.5) is 4.79 Å². The van der Waals surface area contributed by atoms with Crippen molar-refractivity contribution in [3.05, 3.63) is 29.8 Å². The summed E-state index contributed by atoms with van der Waals surface area (Å²) in [4.78, 5) is 22.1. The van der Waals surface area contributed by atoms with Crippen LogP contribution in [-0.4, -0.2) is 17.2 Å². The molecule has 1 aliphatic rings. The first kappa shape index (κ1) is 10.5. The Labute approximate surface area is 91.8 Å². The van der Waals surface area contributed by atoms with Crippen LogP contribution in [0.15, 0.2) is 24.3 Å². The summed E-state index contributed by atoms with van der Waals surface area (Å²) in [5.41, 5.74) is 4.78. The lowest BCUT2D eigenvalue weighted by Crippen LogP contribution is -2.28. The number of amides is 1. The van der Waals surface area contributed by atoms with Gasteiger partial charge in [0, 0.05) is 0 Å². The van der Waals surface area contributed by atoms with Gasteiger partial charge in [-0.25, -0.2) is 4.79 Å². The first-order chi connectivity index (χ1) is 7.54. The number of esters is 1. The number of ether oxygens (including phenoxy) is 1. The van der Waals surface area contributed by atoms with Crippen LogP contribution in [0.5, 0.6) is 5.75 Å². The number of rotatable bonds is 2. The second kappa shape index (κ2) is 3.52. The van der Waals surface area contributed by atoms with Crippen molar-refractivity contribution in [3.8, 4) is 5.75 Å². The van der Waals surface area contributed by atoms with Crippen molar-refractivity contribution in [1.29, 1.82) is 0 Å². The van der Waals surface area contributed by atoms with E-state index in [0.29, 0.717) is 12.8 Å². The molecule has 84 valence electrons. The van der Waals surface area contributed by atoms with Gasteiger partial charge in [-0.2, -0.15) is 0 Å².